The summed E-state index contributed by atoms with van der Waals surface area (Å²) in [6.45, 7) is 10.0. The molecule has 0 atom stereocenters. The highest BCUT2D eigenvalue weighted by Gasteiger charge is 1.92. The van der Waals surface area contributed by atoms with E-state index in [-0.39, 0.29) is 0 Å². The number of H-pyrrole nitrogens is 1. The Balaban J connectivity index is 0.000000379. The van der Waals surface area contributed by atoms with Crippen molar-refractivity contribution in [2.24, 2.45) is 0 Å². The summed E-state index contributed by atoms with van der Waals surface area (Å²) in [6.07, 6.45) is 3.76. The van der Waals surface area contributed by atoms with Crippen molar-refractivity contribution in [3.05, 3.63) is 30.1 Å². The monoisotopic (exact) mass is 192 g/mol. The van der Waals surface area contributed by atoms with Crippen LogP contribution in [0.25, 0.3) is 11.0 Å². The Kier molecular flexibility index (Phi) is 6.46. The van der Waals surface area contributed by atoms with Crippen LogP contribution >= 0.6 is 0 Å². The molecule has 0 amide bonds. The summed E-state index contributed by atoms with van der Waals surface area (Å²) in [7, 11) is 0. The average Bonchev–Trinajstić information content (AvgIpc) is 2.71. The molecule has 1 N–H and O–H groups in total. The van der Waals surface area contributed by atoms with Crippen LogP contribution in [0.2, 0.25) is 0 Å². The van der Waals surface area contributed by atoms with E-state index in [0.29, 0.717) is 0 Å². The molecule has 2 aromatic rings. The lowest BCUT2D eigenvalue weighted by atomic mass is 10.2. The van der Waals surface area contributed by atoms with Crippen molar-refractivity contribution >= 4 is 11.0 Å². The van der Waals surface area contributed by atoms with Crippen LogP contribution in [0, 0.1) is 6.92 Å². The van der Waals surface area contributed by atoms with Gasteiger partial charge in [0.1, 0.15) is 5.65 Å². The van der Waals surface area contributed by atoms with Gasteiger partial charge in [-0.1, -0.05) is 27.7 Å². The summed E-state index contributed by atoms with van der Waals surface area (Å²) in [6, 6.07) is 4.13. The number of nitrogens with one attached hydrogen (secondary N) is 1. The third-order valence-electron chi connectivity index (χ3n) is 1.54. The van der Waals surface area contributed by atoms with Gasteiger partial charge < -0.3 is 4.98 Å². The molecule has 0 fully saturated rings. The van der Waals surface area contributed by atoms with Gasteiger partial charge in [-0.05, 0) is 24.6 Å². The molecule has 78 valence electrons. The molecule has 2 aromatic heterocycles. The highest BCUT2D eigenvalue weighted by Crippen LogP contribution is 2.09. The second-order valence-electron chi connectivity index (χ2n) is 2.43. The molecule has 0 saturated carbocycles. The molecule has 0 aliphatic heterocycles. The molecule has 0 radical (unpaired) electrons. The van der Waals surface area contributed by atoms with Gasteiger partial charge >= 0.3 is 0 Å². The van der Waals surface area contributed by atoms with Crippen LogP contribution < -0.4 is 0 Å². The minimum atomic E-state index is 0.964. The molecule has 0 spiro atoms. The summed E-state index contributed by atoms with van der Waals surface area (Å²) in [5.41, 5.74) is 2.16. The van der Waals surface area contributed by atoms with Gasteiger partial charge in [0.05, 0.1) is 0 Å². The van der Waals surface area contributed by atoms with Gasteiger partial charge in [-0.3, -0.25) is 0 Å². The number of aryl methyl sites for hydroxylation is 1. The molecule has 2 heteroatoms. The lowest BCUT2D eigenvalue weighted by Crippen LogP contribution is -1.76. The van der Waals surface area contributed by atoms with Gasteiger partial charge in [-0.25, -0.2) is 4.98 Å². The van der Waals surface area contributed by atoms with E-state index in [1.165, 1.54) is 10.9 Å². The first-order valence-corrected chi connectivity index (χ1v) is 5.26. The number of nitrogens with zero attached hydrogens (tertiary/aromatic N) is 1. The molecule has 0 aliphatic carbocycles. The Labute approximate surface area is 86.4 Å². The number of aromatic amines is 1. The largest absolute Gasteiger partial charge is 0.346 e. The van der Waals surface area contributed by atoms with Gasteiger partial charge in [0.2, 0.25) is 0 Å². The molecular formula is C12H20N2. The van der Waals surface area contributed by atoms with Crippen LogP contribution in [0.1, 0.15) is 33.3 Å². The van der Waals surface area contributed by atoms with E-state index in [0.717, 1.165) is 5.65 Å². The van der Waals surface area contributed by atoms with Crippen LogP contribution in [-0.4, -0.2) is 9.97 Å². The topological polar surface area (TPSA) is 28.7 Å². The average molecular weight is 192 g/mol. The third-order valence-corrected chi connectivity index (χ3v) is 1.54. The molecule has 0 aromatic carbocycles. The van der Waals surface area contributed by atoms with Gasteiger partial charge in [0.25, 0.3) is 0 Å². The summed E-state index contributed by atoms with van der Waals surface area (Å²) in [4.78, 5) is 7.22. The first-order valence-electron chi connectivity index (χ1n) is 5.26. The normalized spacial score (nSPS) is 8.36. The van der Waals surface area contributed by atoms with Crippen LogP contribution in [0.3, 0.4) is 0 Å². The second-order valence-corrected chi connectivity index (χ2v) is 2.43. The van der Waals surface area contributed by atoms with Gasteiger partial charge in [-0.15, -0.1) is 0 Å². The molecular weight excluding hydrogens is 172 g/mol. The molecule has 0 unspecified atom stereocenters. The van der Waals surface area contributed by atoms with Crippen LogP contribution in [0.15, 0.2) is 24.5 Å². The summed E-state index contributed by atoms with van der Waals surface area (Å²) >= 11 is 0. The minimum Gasteiger partial charge on any atom is -0.346 e. The van der Waals surface area contributed by atoms with Crippen molar-refractivity contribution in [2.75, 3.05) is 0 Å². The standard InChI is InChI=1S/C8H8N2.2C2H6/c1-6-4-7-2-3-9-8(7)10-5-6;2*1-2/h2-5H,1H3,(H,9,10);2*1-2H3. The fraction of sp³-hybridized carbons (Fsp3) is 0.417. The highest BCUT2D eigenvalue weighted by atomic mass is 14.8. The predicted octanol–water partition coefficient (Wildman–Crippen LogP) is 3.92. The lowest BCUT2D eigenvalue weighted by molar-refractivity contribution is 1.29. The van der Waals surface area contributed by atoms with Gasteiger partial charge in [0.15, 0.2) is 0 Å². The Morgan fingerprint density at radius 1 is 1.14 bits per heavy atom. The Morgan fingerprint density at radius 2 is 1.79 bits per heavy atom. The number of rotatable bonds is 0. The van der Waals surface area contributed by atoms with Crippen molar-refractivity contribution < 1.29 is 0 Å². The molecule has 0 saturated heterocycles. The summed E-state index contributed by atoms with van der Waals surface area (Å²) in [5, 5.41) is 1.18. The van der Waals surface area contributed by atoms with Crippen LogP contribution in [0.4, 0.5) is 0 Å². The first kappa shape index (κ1) is 12.7. The number of aromatic nitrogens is 2. The fourth-order valence-electron chi connectivity index (χ4n) is 1.05. The Bertz CT molecular complexity index is 350. The lowest BCUT2D eigenvalue weighted by Gasteiger charge is -1.89. The van der Waals surface area contributed by atoms with E-state index < -0.39 is 0 Å². The Morgan fingerprint density at radius 3 is 2.43 bits per heavy atom. The van der Waals surface area contributed by atoms with Crippen LogP contribution in [-0.2, 0) is 0 Å². The molecule has 2 rings (SSSR count). The molecule has 2 nitrogen and oxygen atoms in total. The second kappa shape index (κ2) is 7.13. The zero-order chi connectivity index (χ0) is 11.0. The van der Waals surface area contributed by atoms with E-state index in [1.54, 1.807) is 0 Å². The van der Waals surface area contributed by atoms with Gasteiger partial charge in [-0.2, -0.15) is 0 Å². The Hall–Kier alpha value is -1.31. The quantitative estimate of drug-likeness (QED) is 0.673. The summed E-state index contributed by atoms with van der Waals surface area (Å²) in [5.74, 6) is 0. The van der Waals surface area contributed by atoms with E-state index >= 15 is 0 Å². The minimum absolute atomic E-state index is 0.964. The van der Waals surface area contributed by atoms with E-state index in [2.05, 4.69) is 16.0 Å². The fourth-order valence-corrected chi connectivity index (χ4v) is 1.05. The maximum atomic E-state index is 4.19. The number of pyridine rings is 1. The van der Waals surface area contributed by atoms with Crippen molar-refractivity contribution in [2.45, 2.75) is 34.6 Å². The van der Waals surface area contributed by atoms with Crippen LogP contribution in [0.5, 0.6) is 0 Å². The zero-order valence-corrected chi connectivity index (χ0v) is 9.76. The molecule has 0 bridgehead atoms. The predicted molar refractivity (Wildman–Crippen MR) is 63.5 cm³/mol. The van der Waals surface area contributed by atoms with Crippen molar-refractivity contribution in [1.82, 2.24) is 9.97 Å². The molecule has 14 heavy (non-hydrogen) atoms. The van der Waals surface area contributed by atoms with Gasteiger partial charge in [0, 0.05) is 17.8 Å². The maximum absolute atomic E-state index is 4.19. The number of hydrogen-bond donors (Lipinski definition) is 1. The number of hydrogen-bond acceptors (Lipinski definition) is 1. The van der Waals surface area contributed by atoms with E-state index in [1.807, 2.05) is 53.1 Å². The first-order chi connectivity index (χ1) is 6.86. The zero-order valence-electron chi connectivity index (χ0n) is 9.76. The van der Waals surface area contributed by atoms with Crippen molar-refractivity contribution in [3.8, 4) is 0 Å². The van der Waals surface area contributed by atoms with E-state index in [4.69, 9.17) is 0 Å². The number of fused-ring (bicyclic) bond motifs is 1. The van der Waals surface area contributed by atoms with E-state index in [9.17, 15) is 0 Å². The summed E-state index contributed by atoms with van der Waals surface area (Å²) < 4.78 is 0. The third kappa shape index (κ3) is 3.21. The molecule has 2 heterocycles. The smallest absolute Gasteiger partial charge is 0.137 e. The molecule has 0 aliphatic rings. The van der Waals surface area contributed by atoms with Crippen molar-refractivity contribution in [1.29, 1.82) is 0 Å². The maximum Gasteiger partial charge on any atom is 0.137 e. The van der Waals surface area contributed by atoms with Crippen molar-refractivity contribution in [3.63, 3.8) is 0 Å². The highest BCUT2D eigenvalue weighted by molar-refractivity contribution is 5.75. The SMILES string of the molecule is CC.CC.Cc1cnc2[nH]ccc2c1.